The zero-order valence-electron chi connectivity index (χ0n) is 14.5. The molecule has 130 valence electrons. The molecule has 0 bridgehead atoms. The third-order valence-electron chi connectivity index (χ3n) is 4.56. The van der Waals surface area contributed by atoms with E-state index in [1.807, 2.05) is 18.2 Å². The Hall–Kier alpha value is -1.94. The Kier molecular flexibility index (Phi) is 7.69. The van der Waals surface area contributed by atoms with Crippen molar-refractivity contribution in [2.24, 2.45) is 4.99 Å². The predicted octanol–water partition coefficient (Wildman–Crippen LogP) is 4.69. The number of hydrogen-bond acceptors (Lipinski definition) is 3. The van der Waals surface area contributed by atoms with Gasteiger partial charge in [0.1, 0.15) is 0 Å². The van der Waals surface area contributed by atoms with E-state index in [0.717, 1.165) is 36.3 Å². The summed E-state index contributed by atoms with van der Waals surface area (Å²) in [4.78, 5) is 15.8. The van der Waals surface area contributed by atoms with Crippen molar-refractivity contribution in [2.75, 3.05) is 11.9 Å². The Morgan fingerprint density at radius 3 is 2.33 bits per heavy atom. The number of benzene rings is 1. The molecule has 4 nitrogen and oxygen atoms in total. The molecule has 1 aromatic rings. The molecule has 1 saturated heterocycles. The van der Waals surface area contributed by atoms with Crippen molar-refractivity contribution >= 4 is 30.1 Å². The van der Waals surface area contributed by atoms with Crippen molar-refractivity contribution in [1.82, 2.24) is 5.32 Å². The molecule has 1 aliphatic carbocycles. The third kappa shape index (κ3) is 5.60. The van der Waals surface area contributed by atoms with E-state index in [4.69, 9.17) is 0 Å². The summed E-state index contributed by atoms with van der Waals surface area (Å²) in [5.74, 6) is 0.0156. The molecule has 0 aromatic heterocycles. The fourth-order valence-electron chi connectivity index (χ4n) is 3.14. The molecule has 0 radical (unpaired) electrons. The van der Waals surface area contributed by atoms with Gasteiger partial charge in [-0.25, -0.2) is 0 Å². The first-order chi connectivity index (χ1) is 11.7. The highest BCUT2D eigenvalue weighted by molar-refractivity contribution is 5.95. The Labute approximate surface area is 145 Å². The Bertz CT molecular complexity index is 546. The first kappa shape index (κ1) is 18.4. The molecule has 1 aromatic carbocycles. The van der Waals surface area contributed by atoms with Gasteiger partial charge in [0.25, 0.3) is 0 Å². The number of amides is 1. The maximum atomic E-state index is 11.9. The van der Waals surface area contributed by atoms with Gasteiger partial charge in [-0.2, -0.15) is 0 Å². The maximum Gasteiger partial charge on any atom is 0.241 e. The van der Waals surface area contributed by atoms with Gasteiger partial charge >= 0.3 is 0 Å². The molecule has 24 heavy (non-hydrogen) atoms. The van der Waals surface area contributed by atoms with E-state index in [2.05, 4.69) is 28.9 Å². The Morgan fingerprint density at radius 1 is 1.17 bits per heavy atom. The molecule has 1 heterocycles. The molecule has 2 aliphatic rings. The van der Waals surface area contributed by atoms with Crippen LogP contribution < -0.4 is 10.6 Å². The first-order valence-electron chi connectivity index (χ1n) is 9.02. The summed E-state index contributed by atoms with van der Waals surface area (Å²) >= 11 is 0. The van der Waals surface area contributed by atoms with Crippen molar-refractivity contribution in [3.05, 3.63) is 30.3 Å². The van der Waals surface area contributed by atoms with E-state index in [9.17, 15) is 4.79 Å². The molecule has 2 fully saturated rings. The largest absolute Gasteiger partial charge is 0.325 e. The van der Waals surface area contributed by atoms with Crippen molar-refractivity contribution in [3.8, 4) is 0 Å². The summed E-state index contributed by atoms with van der Waals surface area (Å²) in [6.45, 7) is 8.13. The highest BCUT2D eigenvalue weighted by atomic mass is 16.2. The lowest BCUT2D eigenvalue weighted by molar-refractivity contribution is -0.117. The smallest absolute Gasteiger partial charge is 0.241 e. The summed E-state index contributed by atoms with van der Waals surface area (Å²) in [7, 11) is 0. The average Bonchev–Trinajstić information content (AvgIpc) is 3.18. The van der Waals surface area contributed by atoms with Gasteiger partial charge in [0.05, 0.1) is 11.7 Å². The zero-order valence-corrected chi connectivity index (χ0v) is 14.5. The fraction of sp³-hybridized carbons (Fsp3) is 0.500. The van der Waals surface area contributed by atoms with Crippen molar-refractivity contribution in [3.63, 3.8) is 0 Å². The van der Waals surface area contributed by atoms with Gasteiger partial charge in [0, 0.05) is 11.3 Å². The Balaban J connectivity index is 0.000000292. The molecule has 1 saturated carbocycles. The number of hydrogen-bond donors (Lipinski definition) is 2. The van der Waals surface area contributed by atoms with Gasteiger partial charge in [-0.3, -0.25) is 9.79 Å². The second kappa shape index (κ2) is 10.0. The van der Waals surface area contributed by atoms with Crippen LogP contribution >= 0.6 is 0 Å². The minimum atomic E-state index is -0.0746. The average molecular weight is 327 g/mol. The topological polar surface area (TPSA) is 53.5 Å². The maximum absolute atomic E-state index is 11.9. The van der Waals surface area contributed by atoms with Crippen LogP contribution in [0.2, 0.25) is 0 Å². The number of aliphatic imine (C=N–C) groups is 1. The summed E-state index contributed by atoms with van der Waals surface area (Å²) in [5, 5.41) is 6.07. The standard InChI is InChI=1S/C14H17N3O.C6H12/c1-3-10-9-11(6-7-12(10)15-2)17-14(18)13-5-4-8-16-13;1-2-4-6-5-3-1/h3,6-7,9,13,16H,1-2,4-5,8H2,(H,17,18);1-6H2. The molecular formula is C20H29N3O. The van der Waals surface area contributed by atoms with Crippen LogP contribution in [0.3, 0.4) is 0 Å². The van der Waals surface area contributed by atoms with Crippen LogP contribution in [-0.2, 0) is 4.79 Å². The van der Waals surface area contributed by atoms with Gasteiger partial charge in [-0.1, -0.05) is 51.2 Å². The highest BCUT2D eigenvalue weighted by Crippen LogP contribution is 2.24. The third-order valence-corrected chi connectivity index (χ3v) is 4.56. The van der Waals surface area contributed by atoms with Gasteiger partial charge in [0.2, 0.25) is 5.91 Å². The Morgan fingerprint density at radius 2 is 1.83 bits per heavy atom. The van der Waals surface area contributed by atoms with Gasteiger partial charge in [0.15, 0.2) is 0 Å². The monoisotopic (exact) mass is 327 g/mol. The van der Waals surface area contributed by atoms with Crippen LogP contribution in [0.25, 0.3) is 6.08 Å². The van der Waals surface area contributed by atoms with Crippen LogP contribution in [0.1, 0.15) is 56.9 Å². The van der Waals surface area contributed by atoms with Gasteiger partial charge in [-0.05, 0) is 44.3 Å². The molecular weight excluding hydrogens is 298 g/mol. The van der Waals surface area contributed by atoms with E-state index >= 15 is 0 Å². The van der Waals surface area contributed by atoms with Crippen LogP contribution in [0.15, 0.2) is 29.8 Å². The quantitative estimate of drug-likeness (QED) is 0.788. The zero-order chi connectivity index (χ0) is 17.2. The molecule has 0 spiro atoms. The van der Waals surface area contributed by atoms with Gasteiger partial charge < -0.3 is 10.6 Å². The predicted molar refractivity (Wildman–Crippen MR) is 103 cm³/mol. The van der Waals surface area contributed by atoms with Crippen LogP contribution in [0.4, 0.5) is 11.4 Å². The second-order valence-corrected chi connectivity index (χ2v) is 6.40. The summed E-state index contributed by atoms with van der Waals surface area (Å²) < 4.78 is 0. The number of carbonyl (C=O) groups excluding carboxylic acids is 1. The fourth-order valence-corrected chi connectivity index (χ4v) is 3.14. The number of nitrogens with one attached hydrogen (secondary N) is 2. The lowest BCUT2D eigenvalue weighted by Gasteiger charge is -2.12. The minimum absolute atomic E-state index is 0.0156. The van der Waals surface area contributed by atoms with E-state index < -0.39 is 0 Å². The van der Waals surface area contributed by atoms with Crippen LogP contribution in [-0.4, -0.2) is 25.2 Å². The van der Waals surface area contributed by atoms with Crippen LogP contribution in [0, 0.1) is 0 Å². The number of nitrogens with zero attached hydrogens (tertiary/aromatic N) is 1. The molecule has 4 heteroatoms. The molecule has 3 rings (SSSR count). The number of anilines is 1. The summed E-state index contributed by atoms with van der Waals surface area (Å²) in [5.41, 5.74) is 2.39. The van der Waals surface area contributed by atoms with E-state index in [1.165, 1.54) is 38.5 Å². The van der Waals surface area contributed by atoms with E-state index in [1.54, 1.807) is 6.08 Å². The minimum Gasteiger partial charge on any atom is -0.325 e. The second-order valence-electron chi connectivity index (χ2n) is 6.40. The molecule has 1 amide bonds. The summed E-state index contributed by atoms with van der Waals surface area (Å²) in [6, 6.07) is 5.42. The van der Waals surface area contributed by atoms with Crippen molar-refractivity contribution < 1.29 is 4.79 Å². The first-order valence-corrected chi connectivity index (χ1v) is 9.02. The van der Waals surface area contributed by atoms with Crippen molar-refractivity contribution in [1.29, 1.82) is 0 Å². The molecule has 1 aliphatic heterocycles. The van der Waals surface area contributed by atoms with E-state index in [-0.39, 0.29) is 11.9 Å². The van der Waals surface area contributed by atoms with Crippen LogP contribution in [0.5, 0.6) is 0 Å². The number of rotatable bonds is 4. The van der Waals surface area contributed by atoms with E-state index in [0.29, 0.717) is 0 Å². The molecule has 1 atom stereocenters. The normalized spacial score (nSPS) is 19.8. The summed E-state index contributed by atoms with van der Waals surface area (Å²) in [6.07, 6.45) is 12.6. The van der Waals surface area contributed by atoms with Crippen molar-refractivity contribution in [2.45, 2.75) is 57.4 Å². The lowest BCUT2D eigenvalue weighted by atomic mass is 10.0. The highest BCUT2D eigenvalue weighted by Gasteiger charge is 2.21. The molecule has 1 unspecified atom stereocenters. The molecule has 2 N–H and O–H groups in total. The van der Waals surface area contributed by atoms with Gasteiger partial charge in [-0.15, -0.1) is 0 Å². The lowest BCUT2D eigenvalue weighted by Crippen LogP contribution is -2.35. The number of carbonyl (C=O) groups is 1. The SMILES string of the molecule is C1CCCCC1.C=Cc1cc(NC(=O)C2CCCN2)ccc1N=C.